The topological polar surface area (TPSA) is 55.6 Å². The third kappa shape index (κ3) is 3.67. The maximum absolute atomic E-state index is 4.73. The van der Waals surface area contributed by atoms with Gasteiger partial charge in [0.2, 0.25) is 0 Å². The lowest BCUT2D eigenvalue weighted by molar-refractivity contribution is 0.618. The molecule has 0 amide bonds. The number of nitrogens with zero attached hydrogens (tertiary/aromatic N) is 4. The molecule has 0 bridgehead atoms. The van der Waals surface area contributed by atoms with Crippen LogP contribution in [-0.2, 0) is 25.9 Å². The first kappa shape index (κ1) is 14.2. The summed E-state index contributed by atoms with van der Waals surface area (Å²) in [6, 6.07) is 6.94. The Morgan fingerprint density at radius 3 is 2.67 bits per heavy atom. The second kappa shape index (κ2) is 6.35. The predicted molar refractivity (Wildman–Crippen MR) is 82.0 cm³/mol. The van der Waals surface area contributed by atoms with Gasteiger partial charge in [-0.1, -0.05) is 19.9 Å². The molecule has 5 nitrogen and oxygen atoms in total. The Kier molecular flexibility index (Phi) is 4.29. The van der Waals surface area contributed by atoms with E-state index in [1.807, 2.05) is 4.68 Å². The summed E-state index contributed by atoms with van der Waals surface area (Å²) in [5.74, 6) is 1.95. The van der Waals surface area contributed by atoms with Gasteiger partial charge < -0.3 is 5.32 Å². The van der Waals surface area contributed by atoms with Crippen LogP contribution in [0.4, 0.5) is 0 Å². The summed E-state index contributed by atoms with van der Waals surface area (Å²) in [5.41, 5.74) is 2.15. The summed E-state index contributed by atoms with van der Waals surface area (Å²) >= 11 is 0. The van der Waals surface area contributed by atoms with E-state index < -0.39 is 0 Å². The highest BCUT2D eigenvalue weighted by molar-refractivity contribution is 5.12. The SMILES string of the molecule is CCc1nc(CC)n(Cc2cccc(CNC3CC3)n2)n1. The number of hydrogen-bond acceptors (Lipinski definition) is 4. The Bertz CT molecular complexity index is 600. The summed E-state index contributed by atoms with van der Waals surface area (Å²) in [6.45, 7) is 5.76. The van der Waals surface area contributed by atoms with Crippen LogP contribution < -0.4 is 5.32 Å². The van der Waals surface area contributed by atoms with Crippen LogP contribution in [0.3, 0.4) is 0 Å². The van der Waals surface area contributed by atoms with Crippen LogP contribution in [0.2, 0.25) is 0 Å². The van der Waals surface area contributed by atoms with Crippen molar-refractivity contribution in [3.8, 4) is 0 Å². The maximum Gasteiger partial charge on any atom is 0.150 e. The molecule has 0 atom stereocenters. The van der Waals surface area contributed by atoms with E-state index in [0.29, 0.717) is 12.6 Å². The molecule has 21 heavy (non-hydrogen) atoms. The number of nitrogens with one attached hydrogen (secondary N) is 1. The molecule has 1 aliphatic rings. The summed E-state index contributed by atoms with van der Waals surface area (Å²) in [6.07, 6.45) is 4.38. The number of rotatable bonds is 7. The van der Waals surface area contributed by atoms with Crippen LogP contribution in [0.25, 0.3) is 0 Å². The van der Waals surface area contributed by atoms with Crippen LogP contribution in [-0.4, -0.2) is 25.8 Å². The third-order valence-corrected chi connectivity index (χ3v) is 3.75. The van der Waals surface area contributed by atoms with Crippen LogP contribution in [0.15, 0.2) is 18.2 Å². The van der Waals surface area contributed by atoms with Crippen molar-refractivity contribution in [1.29, 1.82) is 0 Å². The van der Waals surface area contributed by atoms with E-state index >= 15 is 0 Å². The summed E-state index contributed by atoms with van der Waals surface area (Å²) < 4.78 is 1.99. The monoisotopic (exact) mass is 285 g/mol. The average Bonchev–Trinajstić information content (AvgIpc) is 3.26. The van der Waals surface area contributed by atoms with Crippen LogP contribution >= 0.6 is 0 Å². The van der Waals surface area contributed by atoms with Crippen molar-refractivity contribution in [2.24, 2.45) is 0 Å². The summed E-state index contributed by atoms with van der Waals surface area (Å²) in [7, 11) is 0. The molecule has 2 aromatic rings. The molecule has 0 unspecified atom stereocenters. The Balaban J connectivity index is 1.71. The minimum absolute atomic E-state index is 0.702. The highest BCUT2D eigenvalue weighted by Crippen LogP contribution is 2.19. The number of aromatic nitrogens is 4. The standard InChI is InChI=1S/C16H23N5/c1-3-15-19-16(4-2)21(20-15)11-14-7-5-6-13(18-14)10-17-12-8-9-12/h5-7,12,17H,3-4,8-11H2,1-2H3. The molecule has 112 valence electrons. The zero-order valence-corrected chi connectivity index (χ0v) is 12.8. The van der Waals surface area contributed by atoms with E-state index in [1.165, 1.54) is 12.8 Å². The molecule has 1 fully saturated rings. The molecule has 3 rings (SSSR count). The van der Waals surface area contributed by atoms with Gasteiger partial charge in [0.1, 0.15) is 5.82 Å². The zero-order chi connectivity index (χ0) is 14.7. The number of aryl methyl sites for hydroxylation is 2. The molecule has 1 aliphatic carbocycles. The number of pyridine rings is 1. The maximum atomic E-state index is 4.73. The van der Waals surface area contributed by atoms with Gasteiger partial charge in [-0.2, -0.15) is 5.10 Å². The van der Waals surface area contributed by atoms with E-state index in [0.717, 1.165) is 42.4 Å². The molecule has 0 spiro atoms. The van der Waals surface area contributed by atoms with Gasteiger partial charge in [-0.3, -0.25) is 4.98 Å². The quantitative estimate of drug-likeness (QED) is 0.846. The molecule has 5 heteroatoms. The van der Waals surface area contributed by atoms with Crippen LogP contribution in [0.5, 0.6) is 0 Å². The first-order chi connectivity index (χ1) is 10.3. The van der Waals surface area contributed by atoms with E-state index in [9.17, 15) is 0 Å². The van der Waals surface area contributed by atoms with Crippen molar-refractivity contribution in [3.05, 3.63) is 41.2 Å². The second-order valence-corrected chi connectivity index (χ2v) is 5.58. The lowest BCUT2D eigenvalue weighted by Crippen LogP contribution is -2.17. The fourth-order valence-electron chi connectivity index (χ4n) is 2.37. The fourth-order valence-corrected chi connectivity index (χ4v) is 2.37. The van der Waals surface area contributed by atoms with Crippen LogP contribution in [0.1, 0.15) is 49.7 Å². The van der Waals surface area contributed by atoms with Gasteiger partial charge in [0.25, 0.3) is 0 Å². The lowest BCUT2D eigenvalue weighted by Gasteiger charge is -2.07. The van der Waals surface area contributed by atoms with E-state index in [-0.39, 0.29) is 0 Å². The fraction of sp³-hybridized carbons (Fsp3) is 0.562. The highest BCUT2D eigenvalue weighted by atomic mass is 15.3. The first-order valence-corrected chi connectivity index (χ1v) is 7.89. The average molecular weight is 285 g/mol. The van der Waals surface area contributed by atoms with Crippen molar-refractivity contribution in [2.75, 3.05) is 0 Å². The third-order valence-electron chi connectivity index (χ3n) is 3.75. The molecule has 0 aliphatic heterocycles. The van der Waals surface area contributed by atoms with Gasteiger partial charge in [0.15, 0.2) is 5.82 Å². The van der Waals surface area contributed by atoms with E-state index in [2.05, 4.69) is 47.4 Å². The second-order valence-electron chi connectivity index (χ2n) is 5.58. The van der Waals surface area contributed by atoms with Crippen LogP contribution in [0, 0.1) is 0 Å². The normalized spacial score (nSPS) is 14.6. The van der Waals surface area contributed by atoms with Crippen molar-refractivity contribution in [2.45, 2.75) is 58.7 Å². The summed E-state index contributed by atoms with van der Waals surface area (Å²) in [5, 5.41) is 8.06. The Morgan fingerprint density at radius 1 is 1.14 bits per heavy atom. The molecule has 1 saturated carbocycles. The molecule has 0 saturated heterocycles. The minimum Gasteiger partial charge on any atom is -0.308 e. The van der Waals surface area contributed by atoms with Gasteiger partial charge in [-0.05, 0) is 25.0 Å². The van der Waals surface area contributed by atoms with Crippen molar-refractivity contribution in [1.82, 2.24) is 25.1 Å². The van der Waals surface area contributed by atoms with Crippen molar-refractivity contribution in [3.63, 3.8) is 0 Å². The Morgan fingerprint density at radius 2 is 1.95 bits per heavy atom. The predicted octanol–water partition coefficient (Wildman–Crippen LogP) is 2.10. The molecule has 2 aromatic heterocycles. The smallest absolute Gasteiger partial charge is 0.150 e. The summed E-state index contributed by atoms with van der Waals surface area (Å²) in [4.78, 5) is 9.27. The molecular formula is C16H23N5. The van der Waals surface area contributed by atoms with Crippen molar-refractivity contribution >= 4 is 0 Å². The van der Waals surface area contributed by atoms with Gasteiger partial charge in [0, 0.05) is 25.4 Å². The van der Waals surface area contributed by atoms with Crippen molar-refractivity contribution < 1.29 is 0 Å². The van der Waals surface area contributed by atoms with Gasteiger partial charge in [-0.15, -0.1) is 0 Å². The molecule has 1 N–H and O–H groups in total. The van der Waals surface area contributed by atoms with Gasteiger partial charge >= 0.3 is 0 Å². The Hall–Kier alpha value is -1.75. The molecular weight excluding hydrogens is 262 g/mol. The minimum atomic E-state index is 0.702. The molecule has 0 aromatic carbocycles. The Labute approximate surface area is 125 Å². The van der Waals surface area contributed by atoms with Gasteiger partial charge in [0.05, 0.1) is 17.9 Å². The van der Waals surface area contributed by atoms with E-state index in [4.69, 9.17) is 4.98 Å². The largest absolute Gasteiger partial charge is 0.308 e. The number of hydrogen-bond donors (Lipinski definition) is 1. The first-order valence-electron chi connectivity index (χ1n) is 7.89. The molecule has 0 radical (unpaired) electrons. The van der Waals surface area contributed by atoms with E-state index in [1.54, 1.807) is 0 Å². The molecule has 2 heterocycles. The highest BCUT2D eigenvalue weighted by Gasteiger charge is 2.20. The lowest BCUT2D eigenvalue weighted by atomic mass is 10.3. The zero-order valence-electron chi connectivity index (χ0n) is 12.8. The van der Waals surface area contributed by atoms with Gasteiger partial charge in [-0.25, -0.2) is 9.67 Å².